The Kier molecular flexibility index (Phi) is 7.71. The number of nitrogens with zero attached hydrogens (tertiary/aromatic N) is 2. The highest BCUT2D eigenvalue weighted by atomic mass is 16.5. The van der Waals surface area contributed by atoms with Crippen molar-refractivity contribution in [3.05, 3.63) is 60.2 Å². The number of nitrogens with one attached hydrogen (secondary N) is 2. The minimum atomic E-state index is 0.0340. The zero-order valence-corrected chi connectivity index (χ0v) is 18.1. The van der Waals surface area contributed by atoms with Crippen molar-refractivity contribution in [3.8, 4) is 11.5 Å². The van der Waals surface area contributed by atoms with Gasteiger partial charge in [0.2, 0.25) is 5.91 Å². The standard InChI is InChI=1S/C24H32N4O2/c1-4-25-24(27-20-14-15-28(17-20)23(29)18(2)3)26-16-19-10-8-9-13-22(19)30-21-11-6-5-7-12-21/h5-13,18,20H,4,14-17H2,1-3H3,(H2,25,26,27). The average molecular weight is 409 g/mol. The molecule has 160 valence electrons. The minimum Gasteiger partial charge on any atom is -0.457 e. The quantitative estimate of drug-likeness (QED) is 0.540. The molecular formula is C24H32N4O2. The van der Waals surface area contributed by atoms with Crippen LogP contribution in [0.5, 0.6) is 11.5 Å². The summed E-state index contributed by atoms with van der Waals surface area (Å²) in [5.74, 6) is 2.62. The van der Waals surface area contributed by atoms with Gasteiger partial charge in [0.1, 0.15) is 11.5 Å². The molecule has 0 saturated carbocycles. The summed E-state index contributed by atoms with van der Waals surface area (Å²) in [7, 11) is 0. The average Bonchev–Trinajstić information content (AvgIpc) is 3.21. The van der Waals surface area contributed by atoms with E-state index in [1.165, 1.54) is 0 Å². The molecule has 1 aliphatic rings. The van der Waals surface area contributed by atoms with Crippen molar-refractivity contribution in [3.63, 3.8) is 0 Å². The molecule has 1 fully saturated rings. The van der Waals surface area contributed by atoms with E-state index in [0.29, 0.717) is 6.54 Å². The highest BCUT2D eigenvalue weighted by molar-refractivity contribution is 5.81. The topological polar surface area (TPSA) is 66.0 Å². The van der Waals surface area contributed by atoms with Crippen molar-refractivity contribution >= 4 is 11.9 Å². The number of carbonyl (C=O) groups excluding carboxylic acids is 1. The highest BCUT2D eigenvalue weighted by Crippen LogP contribution is 2.25. The number of guanidine groups is 1. The molecule has 1 atom stereocenters. The van der Waals surface area contributed by atoms with Crippen LogP contribution in [0.1, 0.15) is 32.8 Å². The van der Waals surface area contributed by atoms with Gasteiger partial charge in [-0.15, -0.1) is 0 Å². The summed E-state index contributed by atoms with van der Waals surface area (Å²) in [5, 5.41) is 6.79. The molecule has 1 heterocycles. The van der Waals surface area contributed by atoms with Crippen LogP contribution in [-0.2, 0) is 11.3 Å². The summed E-state index contributed by atoms with van der Waals surface area (Å²) in [6.45, 7) is 8.73. The fraction of sp³-hybridized carbons (Fsp3) is 0.417. The van der Waals surface area contributed by atoms with Gasteiger partial charge in [-0.3, -0.25) is 4.79 Å². The van der Waals surface area contributed by atoms with Crippen LogP contribution < -0.4 is 15.4 Å². The number of rotatable bonds is 7. The second-order valence-electron chi connectivity index (χ2n) is 7.79. The zero-order chi connectivity index (χ0) is 21.3. The molecule has 6 nitrogen and oxygen atoms in total. The van der Waals surface area contributed by atoms with E-state index >= 15 is 0 Å². The van der Waals surface area contributed by atoms with E-state index in [1.807, 2.05) is 80.3 Å². The Balaban J connectivity index is 1.65. The Morgan fingerprint density at radius 2 is 1.90 bits per heavy atom. The van der Waals surface area contributed by atoms with Crippen molar-refractivity contribution in [1.29, 1.82) is 0 Å². The fourth-order valence-corrected chi connectivity index (χ4v) is 3.47. The van der Waals surface area contributed by atoms with Gasteiger partial charge in [-0.25, -0.2) is 4.99 Å². The second kappa shape index (κ2) is 10.7. The lowest BCUT2D eigenvalue weighted by molar-refractivity contribution is -0.133. The number of hydrogen-bond acceptors (Lipinski definition) is 3. The van der Waals surface area contributed by atoms with Crippen LogP contribution >= 0.6 is 0 Å². The molecule has 1 amide bonds. The van der Waals surface area contributed by atoms with E-state index < -0.39 is 0 Å². The third-order valence-electron chi connectivity index (χ3n) is 5.03. The molecule has 0 aromatic heterocycles. The molecule has 6 heteroatoms. The maximum absolute atomic E-state index is 12.2. The lowest BCUT2D eigenvalue weighted by Gasteiger charge is -2.20. The maximum Gasteiger partial charge on any atom is 0.225 e. The van der Waals surface area contributed by atoms with Gasteiger partial charge in [0.05, 0.1) is 6.54 Å². The fourth-order valence-electron chi connectivity index (χ4n) is 3.47. The van der Waals surface area contributed by atoms with Crippen molar-refractivity contribution in [2.45, 2.75) is 39.8 Å². The zero-order valence-electron chi connectivity index (χ0n) is 18.1. The molecule has 0 aliphatic carbocycles. The number of para-hydroxylation sites is 2. The Morgan fingerprint density at radius 1 is 1.17 bits per heavy atom. The van der Waals surface area contributed by atoms with Gasteiger partial charge in [0.25, 0.3) is 0 Å². The number of likely N-dealkylation sites (tertiary alicyclic amines) is 1. The first-order valence-corrected chi connectivity index (χ1v) is 10.7. The Labute approximate surface area is 179 Å². The van der Waals surface area contributed by atoms with Gasteiger partial charge < -0.3 is 20.3 Å². The van der Waals surface area contributed by atoms with Gasteiger partial charge in [-0.05, 0) is 31.5 Å². The van der Waals surface area contributed by atoms with E-state index in [-0.39, 0.29) is 17.9 Å². The summed E-state index contributed by atoms with van der Waals surface area (Å²) in [6.07, 6.45) is 0.927. The van der Waals surface area contributed by atoms with E-state index in [2.05, 4.69) is 10.6 Å². The van der Waals surface area contributed by atoms with Gasteiger partial charge in [0.15, 0.2) is 5.96 Å². The lowest BCUT2D eigenvalue weighted by atomic mass is 10.2. The molecule has 2 aromatic carbocycles. The Hall–Kier alpha value is -3.02. The molecule has 2 aromatic rings. The number of carbonyl (C=O) groups is 1. The summed E-state index contributed by atoms with van der Waals surface area (Å²) in [5.41, 5.74) is 1.02. The number of aliphatic imine (C=N–C) groups is 1. The van der Waals surface area contributed by atoms with Gasteiger partial charge in [-0.1, -0.05) is 50.2 Å². The molecule has 0 bridgehead atoms. The minimum absolute atomic E-state index is 0.0340. The van der Waals surface area contributed by atoms with Gasteiger partial charge in [-0.2, -0.15) is 0 Å². The summed E-state index contributed by atoms with van der Waals surface area (Å²) >= 11 is 0. The van der Waals surface area contributed by atoms with Crippen molar-refractivity contribution in [2.24, 2.45) is 10.9 Å². The lowest BCUT2D eigenvalue weighted by Crippen LogP contribution is -2.45. The highest BCUT2D eigenvalue weighted by Gasteiger charge is 2.27. The molecule has 1 unspecified atom stereocenters. The van der Waals surface area contributed by atoms with Crippen LogP contribution in [0.15, 0.2) is 59.6 Å². The van der Waals surface area contributed by atoms with Crippen molar-refractivity contribution in [1.82, 2.24) is 15.5 Å². The van der Waals surface area contributed by atoms with Crippen LogP contribution in [0, 0.1) is 5.92 Å². The van der Waals surface area contributed by atoms with Gasteiger partial charge in [0, 0.05) is 37.2 Å². The van der Waals surface area contributed by atoms with E-state index in [0.717, 1.165) is 49.1 Å². The predicted octanol–water partition coefficient (Wildman–Crippen LogP) is 3.79. The number of benzene rings is 2. The summed E-state index contributed by atoms with van der Waals surface area (Å²) < 4.78 is 6.04. The first-order valence-electron chi connectivity index (χ1n) is 10.7. The van der Waals surface area contributed by atoms with Gasteiger partial charge >= 0.3 is 0 Å². The summed E-state index contributed by atoms with van der Waals surface area (Å²) in [6, 6.07) is 17.9. The van der Waals surface area contributed by atoms with Crippen LogP contribution in [0.25, 0.3) is 0 Å². The smallest absolute Gasteiger partial charge is 0.225 e. The van der Waals surface area contributed by atoms with Crippen LogP contribution in [-0.4, -0.2) is 42.4 Å². The SMILES string of the molecule is CCNC(=NCc1ccccc1Oc1ccccc1)NC1CCN(C(=O)C(C)C)C1. The normalized spacial score (nSPS) is 16.6. The van der Waals surface area contributed by atoms with Crippen LogP contribution in [0.4, 0.5) is 0 Å². The third-order valence-corrected chi connectivity index (χ3v) is 5.03. The second-order valence-corrected chi connectivity index (χ2v) is 7.79. The van der Waals surface area contributed by atoms with E-state index in [9.17, 15) is 4.79 Å². The van der Waals surface area contributed by atoms with Crippen LogP contribution in [0.2, 0.25) is 0 Å². The molecular weight excluding hydrogens is 376 g/mol. The first kappa shape index (κ1) is 21.7. The molecule has 30 heavy (non-hydrogen) atoms. The largest absolute Gasteiger partial charge is 0.457 e. The molecule has 1 saturated heterocycles. The Bertz CT molecular complexity index is 851. The molecule has 3 rings (SSSR count). The monoisotopic (exact) mass is 408 g/mol. The van der Waals surface area contributed by atoms with E-state index in [1.54, 1.807) is 0 Å². The number of ether oxygens (including phenoxy) is 1. The molecule has 1 aliphatic heterocycles. The predicted molar refractivity (Wildman–Crippen MR) is 121 cm³/mol. The molecule has 0 radical (unpaired) electrons. The van der Waals surface area contributed by atoms with Crippen molar-refractivity contribution in [2.75, 3.05) is 19.6 Å². The first-order chi connectivity index (χ1) is 14.6. The van der Waals surface area contributed by atoms with Crippen molar-refractivity contribution < 1.29 is 9.53 Å². The number of hydrogen-bond donors (Lipinski definition) is 2. The van der Waals surface area contributed by atoms with E-state index in [4.69, 9.17) is 9.73 Å². The Morgan fingerprint density at radius 3 is 2.63 bits per heavy atom. The number of amides is 1. The molecule has 2 N–H and O–H groups in total. The van der Waals surface area contributed by atoms with Crippen LogP contribution in [0.3, 0.4) is 0 Å². The third kappa shape index (κ3) is 5.99. The molecule has 0 spiro atoms. The maximum atomic E-state index is 12.2. The summed E-state index contributed by atoms with van der Waals surface area (Å²) in [4.78, 5) is 18.9.